The topological polar surface area (TPSA) is 9.86 Å². The van der Waals surface area contributed by atoms with Gasteiger partial charge in [0.1, 0.15) is 0 Å². The molecule has 60 heavy (non-hydrogen) atoms. The Hall–Kier alpha value is -7.94. The van der Waals surface area contributed by atoms with Gasteiger partial charge in [-0.15, -0.1) is 0 Å². The summed E-state index contributed by atoms with van der Waals surface area (Å²) in [5, 5.41) is 7.48. The van der Waals surface area contributed by atoms with Crippen molar-refractivity contribution in [2.24, 2.45) is 0 Å². The van der Waals surface area contributed by atoms with Gasteiger partial charge in [-0.25, -0.2) is 0 Å². The van der Waals surface area contributed by atoms with Crippen molar-refractivity contribution in [1.82, 2.24) is 9.13 Å². The van der Waals surface area contributed by atoms with E-state index < -0.39 is 0 Å². The van der Waals surface area contributed by atoms with Crippen LogP contribution in [0.25, 0.3) is 110 Å². The van der Waals surface area contributed by atoms with Crippen molar-refractivity contribution >= 4 is 54.4 Å². The Balaban J connectivity index is 0.907. The second-order valence-electron chi connectivity index (χ2n) is 15.8. The molecule has 0 fully saturated rings. The molecule has 0 aliphatic carbocycles. The van der Waals surface area contributed by atoms with Crippen molar-refractivity contribution in [3.63, 3.8) is 0 Å². The van der Waals surface area contributed by atoms with Crippen molar-refractivity contribution in [3.05, 3.63) is 231 Å². The Labute approximate surface area is 348 Å². The van der Waals surface area contributed by atoms with E-state index >= 15 is 0 Å². The average molecular weight is 763 g/mol. The molecule has 2 nitrogen and oxygen atoms in total. The second-order valence-corrected chi connectivity index (χ2v) is 15.8. The quantitative estimate of drug-likeness (QED) is 0.160. The van der Waals surface area contributed by atoms with Crippen LogP contribution in [0.3, 0.4) is 0 Å². The van der Waals surface area contributed by atoms with Crippen LogP contribution in [0, 0.1) is 0 Å². The largest absolute Gasteiger partial charge is 0.309 e. The monoisotopic (exact) mass is 762 g/mol. The van der Waals surface area contributed by atoms with Gasteiger partial charge in [-0.1, -0.05) is 170 Å². The number of nitrogens with zero attached hydrogens (tertiary/aromatic N) is 2. The van der Waals surface area contributed by atoms with Crippen LogP contribution in [-0.4, -0.2) is 9.13 Å². The van der Waals surface area contributed by atoms with Gasteiger partial charge >= 0.3 is 0 Å². The lowest BCUT2D eigenvalue weighted by Gasteiger charge is -2.12. The summed E-state index contributed by atoms with van der Waals surface area (Å²) in [6.07, 6.45) is 0. The van der Waals surface area contributed by atoms with Crippen LogP contribution in [0.15, 0.2) is 231 Å². The number of hydrogen-bond donors (Lipinski definition) is 0. The number of fused-ring (bicyclic) bond motifs is 7. The van der Waals surface area contributed by atoms with E-state index in [0.717, 1.165) is 11.4 Å². The molecule has 280 valence electrons. The van der Waals surface area contributed by atoms with Crippen molar-refractivity contribution in [1.29, 1.82) is 0 Å². The van der Waals surface area contributed by atoms with Gasteiger partial charge < -0.3 is 9.13 Å². The van der Waals surface area contributed by atoms with E-state index in [1.807, 2.05) is 0 Å². The molecular formula is C58H38N2. The highest BCUT2D eigenvalue weighted by Gasteiger charge is 2.16. The molecule has 0 radical (unpaired) electrons. The fourth-order valence-corrected chi connectivity index (χ4v) is 9.35. The van der Waals surface area contributed by atoms with Crippen LogP contribution in [0.5, 0.6) is 0 Å². The van der Waals surface area contributed by atoms with E-state index in [4.69, 9.17) is 0 Å². The van der Waals surface area contributed by atoms with Gasteiger partial charge in [0.2, 0.25) is 0 Å². The van der Waals surface area contributed by atoms with Gasteiger partial charge in [0.05, 0.1) is 22.1 Å². The van der Waals surface area contributed by atoms with Gasteiger partial charge in [-0.2, -0.15) is 0 Å². The minimum atomic E-state index is 1.16. The maximum Gasteiger partial charge on any atom is 0.0547 e. The Morgan fingerprint density at radius 3 is 1.35 bits per heavy atom. The van der Waals surface area contributed by atoms with Gasteiger partial charge in [0, 0.05) is 32.9 Å². The summed E-state index contributed by atoms with van der Waals surface area (Å²) in [7, 11) is 0. The molecular weight excluding hydrogens is 725 g/mol. The van der Waals surface area contributed by atoms with Crippen molar-refractivity contribution < 1.29 is 0 Å². The highest BCUT2D eigenvalue weighted by molar-refractivity contribution is 6.12. The van der Waals surface area contributed by atoms with Gasteiger partial charge in [-0.3, -0.25) is 0 Å². The summed E-state index contributed by atoms with van der Waals surface area (Å²) in [5.41, 5.74) is 16.8. The molecule has 2 aromatic heterocycles. The molecule has 0 atom stereocenters. The summed E-state index contributed by atoms with van der Waals surface area (Å²) >= 11 is 0. The smallest absolute Gasteiger partial charge is 0.0547 e. The average Bonchev–Trinajstić information content (AvgIpc) is 3.84. The van der Waals surface area contributed by atoms with Crippen LogP contribution in [0.1, 0.15) is 0 Å². The number of rotatable bonds is 6. The van der Waals surface area contributed by atoms with E-state index in [9.17, 15) is 0 Å². The maximum absolute atomic E-state index is 2.42. The molecule has 0 aliphatic heterocycles. The zero-order chi connectivity index (χ0) is 39.6. The first-order valence-electron chi connectivity index (χ1n) is 20.7. The standard InChI is InChI=1S/C58H38N2/c1-3-12-39(13-4-1)43-16-11-17-49(35-43)60-55-20-9-7-18-51(55)53-32-29-48(38-58(53)60)42-24-22-41(23-25-42)47-30-33-57-54(37-47)52-19-8-10-21-56(52)59(57)50-31-28-45-34-44(26-27-46(45)36-50)40-14-5-2-6-15-40/h1-38H. The Bertz CT molecular complexity index is 3570. The van der Waals surface area contributed by atoms with Crippen molar-refractivity contribution in [3.8, 4) is 55.9 Å². The number of benzene rings is 10. The van der Waals surface area contributed by atoms with E-state index in [2.05, 4.69) is 240 Å². The highest BCUT2D eigenvalue weighted by atomic mass is 15.0. The van der Waals surface area contributed by atoms with E-state index in [1.54, 1.807) is 0 Å². The molecule has 0 N–H and O–H groups in total. The summed E-state index contributed by atoms with van der Waals surface area (Å²) in [6.45, 7) is 0. The number of aromatic nitrogens is 2. The van der Waals surface area contributed by atoms with Crippen LogP contribution in [-0.2, 0) is 0 Å². The SMILES string of the molecule is c1ccc(-c2cccc(-n3c4ccccc4c4ccc(-c5ccc(-c6ccc7c(c6)c6ccccc6n7-c6ccc7cc(-c8ccccc8)ccc7c6)cc5)cc43)c2)cc1. The Morgan fingerprint density at radius 2 is 0.633 bits per heavy atom. The number of para-hydroxylation sites is 2. The van der Waals surface area contributed by atoms with Crippen LogP contribution in [0.2, 0.25) is 0 Å². The van der Waals surface area contributed by atoms with Crippen LogP contribution >= 0.6 is 0 Å². The van der Waals surface area contributed by atoms with E-state index in [-0.39, 0.29) is 0 Å². The first-order valence-corrected chi connectivity index (χ1v) is 20.7. The fourth-order valence-electron chi connectivity index (χ4n) is 9.35. The summed E-state index contributed by atoms with van der Waals surface area (Å²) in [5.74, 6) is 0. The van der Waals surface area contributed by atoms with Crippen molar-refractivity contribution in [2.75, 3.05) is 0 Å². The third-order valence-electron chi connectivity index (χ3n) is 12.3. The highest BCUT2D eigenvalue weighted by Crippen LogP contribution is 2.39. The molecule has 0 unspecified atom stereocenters. The zero-order valence-electron chi connectivity index (χ0n) is 32.8. The second kappa shape index (κ2) is 13.9. The molecule has 0 spiro atoms. The van der Waals surface area contributed by atoms with Crippen LogP contribution in [0.4, 0.5) is 0 Å². The molecule has 0 amide bonds. The normalized spacial score (nSPS) is 11.7. The minimum absolute atomic E-state index is 1.16. The summed E-state index contributed by atoms with van der Waals surface area (Å²) in [6, 6.07) is 84.2. The molecule has 2 heteroatoms. The summed E-state index contributed by atoms with van der Waals surface area (Å²) < 4.78 is 4.83. The lowest BCUT2D eigenvalue weighted by atomic mass is 9.98. The Morgan fingerprint density at radius 1 is 0.200 bits per heavy atom. The molecule has 0 saturated heterocycles. The summed E-state index contributed by atoms with van der Waals surface area (Å²) in [4.78, 5) is 0. The third kappa shape index (κ3) is 5.65. The molecule has 12 rings (SSSR count). The molecule has 0 aliphatic rings. The molecule has 2 heterocycles. The van der Waals surface area contributed by atoms with E-state index in [1.165, 1.54) is 98.9 Å². The Kier molecular flexibility index (Phi) is 7.89. The van der Waals surface area contributed by atoms with Gasteiger partial charge in [-0.05, 0) is 116 Å². The lowest BCUT2D eigenvalue weighted by Crippen LogP contribution is -1.94. The zero-order valence-corrected chi connectivity index (χ0v) is 32.8. The first kappa shape index (κ1) is 34.1. The third-order valence-corrected chi connectivity index (χ3v) is 12.3. The van der Waals surface area contributed by atoms with Gasteiger partial charge in [0.15, 0.2) is 0 Å². The molecule has 0 saturated carbocycles. The van der Waals surface area contributed by atoms with Crippen molar-refractivity contribution in [2.45, 2.75) is 0 Å². The van der Waals surface area contributed by atoms with Crippen LogP contribution < -0.4 is 0 Å². The van der Waals surface area contributed by atoms with E-state index in [0.29, 0.717) is 0 Å². The maximum atomic E-state index is 2.42. The lowest BCUT2D eigenvalue weighted by molar-refractivity contribution is 1.18. The predicted octanol–water partition coefficient (Wildman–Crippen LogP) is 15.7. The first-order chi connectivity index (χ1) is 29.7. The molecule has 12 aromatic rings. The minimum Gasteiger partial charge on any atom is -0.309 e. The number of hydrogen-bond acceptors (Lipinski definition) is 0. The molecule has 10 aromatic carbocycles. The van der Waals surface area contributed by atoms with Gasteiger partial charge in [0.25, 0.3) is 0 Å². The predicted molar refractivity (Wildman–Crippen MR) is 254 cm³/mol. The fraction of sp³-hybridized carbons (Fsp3) is 0. The molecule has 0 bridgehead atoms.